The maximum Gasteiger partial charge on any atom is 0.221 e. The van der Waals surface area contributed by atoms with E-state index in [9.17, 15) is 4.79 Å². The zero-order valence-electron chi connectivity index (χ0n) is 8.75. The van der Waals surface area contributed by atoms with Gasteiger partial charge in [-0.25, -0.2) is 0 Å². The lowest BCUT2D eigenvalue weighted by Gasteiger charge is -2.11. The van der Waals surface area contributed by atoms with Gasteiger partial charge in [0.2, 0.25) is 5.91 Å². The second-order valence-corrected chi connectivity index (χ2v) is 3.96. The Labute approximate surface area is 98.2 Å². The molecule has 0 aliphatic heterocycles. The predicted octanol–water partition coefficient (Wildman–Crippen LogP) is 3.03. The second-order valence-electron chi connectivity index (χ2n) is 3.55. The van der Waals surface area contributed by atoms with Crippen LogP contribution in [-0.2, 0) is 4.79 Å². The number of halogens is 1. The van der Waals surface area contributed by atoms with Gasteiger partial charge in [0.15, 0.2) is 0 Å². The normalized spacial score (nSPS) is 10.4. The highest BCUT2D eigenvalue weighted by atomic mass is 35.5. The lowest BCUT2D eigenvalue weighted by Crippen LogP contribution is -2.07. The fraction of sp³-hybridized carbons (Fsp3) is 0.0833. The molecule has 0 unspecified atom stereocenters. The molecule has 0 radical (unpaired) electrons. The molecule has 1 amide bonds. The van der Waals surface area contributed by atoms with Crippen LogP contribution in [0.4, 0.5) is 11.4 Å². The summed E-state index contributed by atoms with van der Waals surface area (Å²) in [5.41, 5.74) is 7.08. The summed E-state index contributed by atoms with van der Waals surface area (Å²) in [7, 11) is 0. The molecule has 2 aromatic carbocycles. The smallest absolute Gasteiger partial charge is 0.221 e. The van der Waals surface area contributed by atoms with Crippen molar-refractivity contribution >= 4 is 39.7 Å². The number of nitrogen functional groups attached to an aromatic ring is 1. The maximum absolute atomic E-state index is 11.1. The summed E-state index contributed by atoms with van der Waals surface area (Å²) in [6.07, 6.45) is 0. The fourth-order valence-electron chi connectivity index (χ4n) is 1.67. The van der Waals surface area contributed by atoms with E-state index < -0.39 is 0 Å². The summed E-state index contributed by atoms with van der Waals surface area (Å²) in [4.78, 5) is 11.1. The summed E-state index contributed by atoms with van der Waals surface area (Å²) >= 11 is 6.06. The third-order valence-corrected chi connectivity index (χ3v) is 2.63. The molecular weight excluding hydrogens is 224 g/mol. The number of nitrogens with two attached hydrogens (primary N) is 1. The van der Waals surface area contributed by atoms with E-state index in [1.165, 1.54) is 6.92 Å². The first kappa shape index (κ1) is 10.8. The molecule has 0 aliphatic carbocycles. The molecule has 0 aromatic heterocycles. The highest BCUT2D eigenvalue weighted by molar-refractivity contribution is 6.36. The third kappa shape index (κ3) is 1.82. The molecule has 2 rings (SSSR count). The number of anilines is 2. The summed E-state index contributed by atoms with van der Waals surface area (Å²) in [5, 5.41) is 4.90. The van der Waals surface area contributed by atoms with Gasteiger partial charge >= 0.3 is 0 Å². The summed E-state index contributed by atoms with van der Waals surface area (Å²) in [5.74, 6) is -0.156. The van der Waals surface area contributed by atoms with Crippen molar-refractivity contribution in [2.24, 2.45) is 0 Å². The van der Waals surface area contributed by atoms with Gasteiger partial charge < -0.3 is 11.1 Å². The van der Waals surface area contributed by atoms with Crippen molar-refractivity contribution in [1.82, 2.24) is 0 Å². The van der Waals surface area contributed by atoms with Gasteiger partial charge in [0, 0.05) is 23.4 Å². The van der Waals surface area contributed by atoms with Crippen LogP contribution < -0.4 is 11.1 Å². The van der Waals surface area contributed by atoms with Crippen LogP contribution >= 0.6 is 11.6 Å². The number of fused-ring (bicyclic) bond motifs is 1. The van der Waals surface area contributed by atoms with Gasteiger partial charge in [0.25, 0.3) is 0 Å². The van der Waals surface area contributed by atoms with Gasteiger partial charge in [-0.05, 0) is 6.07 Å². The van der Waals surface area contributed by atoms with Gasteiger partial charge in [-0.2, -0.15) is 0 Å². The second kappa shape index (κ2) is 4.02. The van der Waals surface area contributed by atoms with Gasteiger partial charge in [-0.3, -0.25) is 4.79 Å². The molecular formula is C12H11ClN2O. The molecule has 0 heterocycles. The highest BCUT2D eigenvalue weighted by Crippen LogP contribution is 2.35. The summed E-state index contributed by atoms with van der Waals surface area (Å²) < 4.78 is 0. The maximum atomic E-state index is 11.1. The van der Waals surface area contributed by atoms with E-state index in [-0.39, 0.29) is 5.91 Å². The molecule has 3 N–H and O–H groups in total. The molecule has 0 bridgehead atoms. The van der Waals surface area contributed by atoms with E-state index in [0.29, 0.717) is 16.4 Å². The predicted molar refractivity (Wildman–Crippen MR) is 67.7 cm³/mol. The molecule has 0 fully saturated rings. The van der Waals surface area contributed by atoms with Crippen molar-refractivity contribution in [3.63, 3.8) is 0 Å². The monoisotopic (exact) mass is 234 g/mol. The van der Waals surface area contributed by atoms with E-state index in [1.807, 2.05) is 24.3 Å². The zero-order valence-corrected chi connectivity index (χ0v) is 9.51. The van der Waals surface area contributed by atoms with E-state index in [0.717, 1.165) is 10.8 Å². The number of hydrogen-bond donors (Lipinski definition) is 2. The van der Waals surface area contributed by atoms with Crippen molar-refractivity contribution in [3.05, 3.63) is 35.4 Å². The Kier molecular flexibility index (Phi) is 2.71. The average molecular weight is 235 g/mol. The number of carbonyl (C=O) groups excluding carboxylic acids is 1. The largest absolute Gasteiger partial charge is 0.398 e. The minimum atomic E-state index is -0.156. The van der Waals surface area contributed by atoms with Crippen molar-refractivity contribution in [1.29, 1.82) is 0 Å². The van der Waals surface area contributed by atoms with Crippen LogP contribution in [0.3, 0.4) is 0 Å². The first-order valence-electron chi connectivity index (χ1n) is 4.84. The SMILES string of the molecule is CC(=O)Nc1c(Cl)cc(N)c2ccccc12. The van der Waals surface area contributed by atoms with Crippen molar-refractivity contribution < 1.29 is 4.79 Å². The lowest BCUT2D eigenvalue weighted by molar-refractivity contribution is -0.114. The number of hydrogen-bond acceptors (Lipinski definition) is 2. The zero-order chi connectivity index (χ0) is 11.7. The Morgan fingerprint density at radius 1 is 1.31 bits per heavy atom. The molecule has 3 nitrogen and oxygen atoms in total. The molecule has 16 heavy (non-hydrogen) atoms. The Balaban J connectivity index is 2.76. The summed E-state index contributed by atoms with van der Waals surface area (Å²) in [6, 6.07) is 9.19. The van der Waals surface area contributed by atoms with Gasteiger partial charge in [-0.1, -0.05) is 35.9 Å². The number of carbonyl (C=O) groups is 1. The van der Waals surface area contributed by atoms with Crippen molar-refractivity contribution in [3.8, 4) is 0 Å². The van der Waals surface area contributed by atoms with E-state index in [2.05, 4.69) is 5.32 Å². The van der Waals surface area contributed by atoms with Crippen LogP contribution in [0.25, 0.3) is 10.8 Å². The molecule has 0 spiro atoms. The van der Waals surface area contributed by atoms with Crippen LogP contribution in [0.15, 0.2) is 30.3 Å². The Bertz CT molecular complexity index is 566. The number of amides is 1. The van der Waals surface area contributed by atoms with Gasteiger partial charge in [-0.15, -0.1) is 0 Å². The van der Waals surface area contributed by atoms with E-state index >= 15 is 0 Å². The standard InChI is InChI=1S/C12H11ClN2O/c1-7(16)15-12-9-5-3-2-4-8(9)11(14)6-10(12)13/h2-6H,14H2,1H3,(H,15,16). The van der Waals surface area contributed by atoms with E-state index in [1.54, 1.807) is 6.07 Å². The fourth-order valence-corrected chi connectivity index (χ4v) is 1.94. The molecule has 4 heteroatoms. The van der Waals surface area contributed by atoms with E-state index in [4.69, 9.17) is 17.3 Å². The average Bonchev–Trinajstić information content (AvgIpc) is 2.24. The Morgan fingerprint density at radius 3 is 2.56 bits per heavy atom. The molecule has 0 saturated carbocycles. The molecule has 0 atom stereocenters. The first-order chi connectivity index (χ1) is 7.59. The number of rotatable bonds is 1. The Morgan fingerprint density at radius 2 is 1.94 bits per heavy atom. The Hall–Kier alpha value is -1.74. The van der Waals surface area contributed by atoms with Crippen molar-refractivity contribution in [2.75, 3.05) is 11.1 Å². The first-order valence-corrected chi connectivity index (χ1v) is 5.21. The topological polar surface area (TPSA) is 55.1 Å². The van der Waals surface area contributed by atoms with Crippen LogP contribution in [0.2, 0.25) is 5.02 Å². The molecule has 0 aliphatic rings. The lowest BCUT2D eigenvalue weighted by atomic mass is 10.1. The van der Waals surface area contributed by atoms with Crippen molar-refractivity contribution in [2.45, 2.75) is 6.92 Å². The van der Waals surface area contributed by atoms with Gasteiger partial charge in [0.1, 0.15) is 0 Å². The molecule has 82 valence electrons. The third-order valence-electron chi connectivity index (χ3n) is 2.33. The van der Waals surface area contributed by atoms with Crippen LogP contribution in [0.5, 0.6) is 0 Å². The quantitative estimate of drug-likeness (QED) is 0.746. The number of benzene rings is 2. The van der Waals surface area contributed by atoms with Crippen LogP contribution in [0, 0.1) is 0 Å². The van der Waals surface area contributed by atoms with Crippen LogP contribution in [-0.4, -0.2) is 5.91 Å². The highest BCUT2D eigenvalue weighted by Gasteiger charge is 2.09. The number of nitrogens with one attached hydrogen (secondary N) is 1. The minimum absolute atomic E-state index is 0.156. The summed E-state index contributed by atoms with van der Waals surface area (Å²) in [6.45, 7) is 1.45. The molecule has 0 saturated heterocycles. The minimum Gasteiger partial charge on any atom is -0.398 e. The van der Waals surface area contributed by atoms with Crippen LogP contribution in [0.1, 0.15) is 6.92 Å². The van der Waals surface area contributed by atoms with Gasteiger partial charge in [0.05, 0.1) is 10.7 Å². The molecule has 2 aromatic rings.